The van der Waals surface area contributed by atoms with Crippen LogP contribution in [0.5, 0.6) is 0 Å². The lowest BCUT2D eigenvalue weighted by molar-refractivity contribution is 0.508. The van der Waals surface area contributed by atoms with E-state index in [-0.39, 0.29) is 0 Å². The number of hydrogen-bond donors (Lipinski definition) is 0. The average Bonchev–Trinajstić information content (AvgIpc) is 2.61. The maximum atomic E-state index is 2.31. The molecule has 0 amide bonds. The van der Waals surface area contributed by atoms with Crippen LogP contribution in [0.2, 0.25) is 0 Å². The van der Waals surface area contributed by atoms with Crippen molar-refractivity contribution >= 4 is 8.58 Å². The summed E-state index contributed by atoms with van der Waals surface area (Å²) >= 11 is 0. The first-order valence-corrected chi connectivity index (χ1v) is 13.2. The van der Waals surface area contributed by atoms with Gasteiger partial charge in [-0.05, 0) is 31.1 Å². The van der Waals surface area contributed by atoms with Crippen LogP contribution in [-0.2, 0) is 0 Å². The molecule has 0 spiro atoms. The summed E-state index contributed by atoms with van der Waals surface area (Å²) < 4.78 is 0. The molecular formula is C24H48P. The summed E-state index contributed by atoms with van der Waals surface area (Å²) in [6.07, 6.45) is 32.8. The van der Waals surface area contributed by atoms with Gasteiger partial charge >= 0.3 is 0 Å². The van der Waals surface area contributed by atoms with Crippen molar-refractivity contribution in [2.24, 2.45) is 0 Å². The molecule has 0 aromatic carbocycles. The fraction of sp³-hybridized carbons (Fsp3) is 1.00. The number of hydrogen-bond acceptors (Lipinski definition) is 0. The second-order valence-corrected chi connectivity index (χ2v) is 10.0. The second-order valence-electron chi connectivity index (χ2n) is 8.50. The van der Waals surface area contributed by atoms with Gasteiger partial charge in [-0.2, -0.15) is 0 Å². The zero-order valence-electron chi connectivity index (χ0n) is 17.6. The molecule has 0 aliphatic heterocycles. The van der Waals surface area contributed by atoms with Crippen LogP contribution in [0.3, 0.4) is 0 Å². The normalized spacial score (nSPS) is 19.1. The molecule has 0 nitrogen and oxygen atoms in total. The van der Waals surface area contributed by atoms with Crippen LogP contribution < -0.4 is 0 Å². The van der Waals surface area contributed by atoms with Crippen LogP contribution in [0.1, 0.15) is 142 Å². The molecule has 1 saturated carbocycles. The predicted octanol–water partition coefficient (Wildman–Crippen LogP) is 9.53. The number of unbranched alkanes of at least 4 members (excludes halogenated alkanes) is 9. The molecule has 0 atom stereocenters. The maximum absolute atomic E-state index is 2.31. The van der Waals surface area contributed by atoms with Crippen molar-refractivity contribution < 1.29 is 0 Å². The molecule has 1 aliphatic carbocycles. The van der Waals surface area contributed by atoms with Gasteiger partial charge in [-0.15, -0.1) is 0 Å². The third-order valence-electron chi connectivity index (χ3n) is 5.97. The van der Waals surface area contributed by atoms with Crippen molar-refractivity contribution in [2.75, 3.05) is 6.16 Å². The van der Waals surface area contributed by atoms with E-state index in [9.17, 15) is 0 Å². The molecule has 0 bridgehead atoms. The van der Waals surface area contributed by atoms with Gasteiger partial charge in [0.25, 0.3) is 0 Å². The molecular weight excluding hydrogens is 319 g/mol. The van der Waals surface area contributed by atoms with Crippen LogP contribution in [0.4, 0.5) is 0 Å². The van der Waals surface area contributed by atoms with Gasteiger partial charge in [0.2, 0.25) is 0 Å². The van der Waals surface area contributed by atoms with Crippen LogP contribution in [0.25, 0.3) is 0 Å². The van der Waals surface area contributed by atoms with Gasteiger partial charge < -0.3 is 0 Å². The molecule has 1 rings (SSSR count). The van der Waals surface area contributed by atoms with Crippen molar-refractivity contribution in [3.63, 3.8) is 0 Å². The van der Waals surface area contributed by atoms with Crippen LogP contribution in [0.15, 0.2) is 0 Å². The summed E-state index contributed by atoms with van der Waals surface area (Å²) in [4.78, 5) is 0. The number of rotatable bonds is 12. The first-order chi connectivity index (χ1) is 12.4. The van der Waals surface area contributed by atoms with Crippen molar-refractivity contribution in [3.05, 3.63) is 0 Å². The third-order valence-corrected chi connectivity index (χ3v) is 7.58. The summed E-state index contributed by atoms with van der Waals surface area (Å²) in [6.45, 7) is 2.31. The highest BCUT2D eigenvalue weighted by Crippen LogP contribution is 2.31. The van der Waals surface area contributed by atoms with Gasteiger partial charge in [0.05, 0.1) is 0 Å². The molecule has 0 aromatic heterocycles. The van der Waals surface area contributed by atoms with E-state index in [1.54, 1.807) is 8.58 Å². The van der Waals surface area contributed by atoms with Crippen LogP contribution in [0, 0.1) is 0 Å². The Morgan fingerprint density at radius 1 is 0.520 bits per heavy atom. The maximum Gasteiger partial charge on any atom is -0.0170 e. The Balaban J connectivity index is 1.93. The minimum absolute atomic E-state index is 1.04. The molecule has 1 radical (unpaired) electrons. The molecule has 0 N–H and O–H groups in total. The molecule has 0 saturated heterocycles. The van der Waals surface area contributed by atoms with Gasteiger partial charge in [0.1, 0.15) is 0 Å². The Morgan fingerprint density at radius 3 is 1.40 bits per heavy atom. The van der Waals surface area contributed by atoms with E-state index < -0.39 is 0 Å². The quantitative estimate of drug-likeness (QED) is 0.238. The van der Waals surface area contributed by atoms with E-state index in [1.165, 1.54) is 141 Å². The lowest BCUT2D eigenvalue weighted by Crippen LogP contribution is -2.03. The standard InChI is InChI=1S/C24H48P/c1-2-3-4-5-6-7-11-14-17-20-23-25-24-21-18-15-12-9-8-10-13-16-19-22-24/h24H,2-23H2,1H3. The summed E-state index contributed by atoms with van der Waals surface area (Å²) in [5, 5.41) is 0. The molecule has 25 heavy (non-hydrogen) atoms. The van der Waals surface area contributed by atoms with Crippen molar-refractivity contribution in [3.8, 4) is 0 Å². The predicted molar refractivity (Wildman–Crippen MR) is 118 cm³/mol. The lowest BCUT2D eigenvalue weighted by atomic mass is 10.0. The highest BCUT2D eigenvalue weighted by atomic mass is 31.1. The van der Waals surface area contributed by atoms with E-state index in [1.807, 2.05) is 0 Å². The Morgan fingerprint density at radius 2 is 0.920 bits per heavy atom. The van der Waals surface area contributed by atoms with Crippen LogP contribution in [-0.4, -0.2) is 11.8 Å². The van der Waals surface area contributed by atoms with Crippen molar-refractivity contribution in [2.45, 2.75) is 147 Å². The molecule has 149 valence electrons. The van der Waals surface area contributed by atoms with Crippen molar-refractivity contribution in [1.29, 1.82) is 0 Å². The molecule has 0 aromatic rings. The van der Waals surface area contributed by atoms with Crippen molar-refractivity contribution in [1.82, 2.24) is 0 Å². The highest BCUT2D eigenvalue weighted by Gasteiger charge is 2.09. The first kappa shape index (κ1) is 23.5. The fourth-order valence-electron chi connectivity index (χ4n) is 4.20. The van der Waals surface area contributed by atoms with E-state index in [0.717, 1.165) is 5.66 Å². The van der Waals surface area contributed by atoms with E-state index >= 15 is 0 Å². The molecule has 0 unspecified atom stereocenters. The van der Waals surface area contributed by atoms with E-state index in [0.29, 0.717) is 0 Å². The molecule has 1 fully saturated rings. The molecule has 1 aliphatic rings. The minimum atomic E-state index is 1.04. The SMILES string of the molecule is CCCCCCCCCCCC[P]C1CCCCCCCCCCC1. The van der Waals surface area contributed by atoms with Gasteiger partial charge in [-0.3, -0.25) is 0 Å². The molecule has 0 heterocycles. The second kappa shape index (κ2) is 19.2. The average molecular weight is 368 g/mol. The molecule has 1 heteroatoms. The summed E-state index contributed by atoms with van der Waals surface area (Å²) in [6, 6.07) is 0. The Hall–Kier alpha value is 0.430. The van der Waals surface area contributed by atoms with Gasteiger partial charge in [-0.1, -0.05) is 131 Å². The zero-order valence-corrected chi connectivity index (χ0v) is 18.5. The Kier molecular flexibility index (Phi) is 18.0. The summed E-state index contributed by atoms with van der Waals surface area (Å²) in [7, 11) is 1.80. The highest BCUT2D eigenvalue weighted by molar-refractivity contribution is 7.38. The van der Waals surface area contributed by atoms with E-state index in [2.05, 4.69) is 6.92 Å². The lowest BCUT2D eigenvalue weighted by Gasteiger charge is -2.17. The van der Waals surface area contributed by atoms with Gasteiger partial charge in [0, 0.05) is 0 Å². The summed E-state index contributed by atoms with van der Waals surface area (Å²) in [5.74, 6) is 0. The Labute approximate surface area is 162 Å². The van der Waals surface area contributed by atoms with E-state index in [4.69, 9.17) is 0 Å². The third kappa shape index (κ3) is 16.3. The smallest absolute Gasteiger partial charge is 0.0170 e. The van der Waals surface area contributed by atoms with Gasteiger partial charge in [0.15, 0.2) is 0 Å². The van der Waals surface area contributed by atoms with Gasteiger partial charge in [-0.25, -0.2) is 0 Å². The fourth-order valence-corrected chi connectivity index (χ4v) is 5.70. The minimum Gasteiger partial charge on any atom is -0.0775 e. The monoisotopic (exact) mass is 367 g/mol. The summed E-state index contributed by atoms with van der Waals surface area (Å²) in [5.41, 5.74) is 1.04. The topological polar surface area (TPSA) is 0 Å². The zero-order chi connectivity index (χ0) is 17.8. The first-order valence-electron chi connectivity index (χ1n) is 12.1. The van der Waals surface area contributed by atoms with Crippen LogP contribution >= 0.6 is 8.58 Å². The largest absolute Gasteiger partial charge is 0.0775 e. The Bertz CT molecular complexity index is 238.